The van der Waals surface area contributed by atoms with Crippen molar-refractivity contribution in [1.82, 2.24) is 15.6 Å². The molecule has 2 aliphatic rings. The molecule has 3 rings (SSSR count). The van der Waals surface area contributed by atoms with Crippen molar-refractivity contribution in [2.24, 2.45) is 5.92 Å². The average molecular weight is 392 g/mol. The monoisotopic (exact) mass is 391 g/mol. The van der Waals surface area contributed by atoms with Crippen LogP contribution in [0, 0.1) is 5.92 Å². The van der Waals surface area contributed by atoms with Crippen molar-refractivity contribution >= 4 is 5.70 Å². The van der Waals surface area contributed by atoms with Crippen molar-refractivity contribution in [3.63, 3.8) is 0 Å². The van der Waals surface area contributed by atoms with Gasteiger partial charge in [0, 0.05) is 18.8 Å². The van der Waals surface area contributed by atoms with Crippen LogP contribution in [-0.2, 0) is 0 Å². The highest BCUT2D eigenvalue weighted by Gasteiger charge is 2.23. The first-order valence-corrected chi connectivity index (χ1v) is 9.79. The van der Waals surface area contributed by atoms with Crippen LogP contribution in [0.25, 0.3) is 5.70 Å². The van der Waals surface area contributed by atoms with E-state index in [1.807, 2.05) is 43.5 Å². The maximum atomic E-state index is 9.76. The zero-order chi connectivity index (χ0) is 21.0. The summed E-state index contributed by atoms with van der Waals surface area (Å²) < 4.78 is 0. The lowest BCUT2D eigenvalue weighted by Gasteiger charge is -2.29. The van der Waals surface area contributed by atoms with Gasteiger partial charge < -0.3 is 10.2 Å². The van der Waals surface area contributed by atoms with Crippen molar-refractivity contribution in [1.29, 1.82) is 0 Å². The second-order valence-electron chi connectivity index (χ2n) is 7.38. The van der Waals surface area contributed by atoms with Gasteiger partial charge in [0.15, 0.2) is 11.5 Å². The largest absolute Gasteiger partial charge is 0.504 e. The number of nitrogens with zero attached hydrogens (tertiary/aromatic N) is 2. The lowest BCUT2D eigenvalue weighted by atomic mass is 9.84. The number of hydrogen-bond donors (Lipinski definition) is 3. The van der Waals surface area contributed by atoms with Crippen molar-refractivity contribution in [3.05, 3.63) is 89.7 Å². The van der Waals surface area contributed by atoms with Gasteiger partial charge in [0.25, 0.3) is 0 Å². The van der Waals surface area contributed by atoms with Crippen LogP contribution in [0.2, 0.25) is 0 Å². The fraction of sp³-hybridized carbons (Fsp3) is 0.250. The summed E-state index contributed by atoms with van der Waals surface area (Å²) in [6.45, 7) is 8.99. The molecule has 1 atom stereocenters. The molecule has 0 saturated heterocycles. The highest BCUT2D eigenvalue weighted by molar-refractivity contribution is 5.67. The summed E-state index contributed by atoms with van der Waals surface area (Å²) in [6.07, 6.45) is 15.5. The van der Waals surface area contributed by atoms with Gasteiger partial charge in [-0.15, -0.1) is 5.12 Å². The molecule has 1 aliphatic carbocycles. The molecule has 0 spiro atoms. The molecule has 1 unspecified atom stereocenters. The van der Waals surface area contributed by atoms with Crippen LogP contribution in [0.3, 0.4) is 0 Å². The van der Waals surface area contributed by atoms with Gasteiger partial charge in [0.05, 0.1) is 12.2 Å². The topological polar surface area (TPSA) is 59.0 Å². The summed E-state index contributed by atoms with van der Waals surface area (Å²) in [4.78, 5) is 0. The number of rotatable bonds is 6. The zero-order valence-electron chi connectivity index (χ0n) is 17.3. The van der Waals surface area contributed by atoms with Crippen LogP contribution >= 0.6 is 0 Å². The van der Waals surface area contributed by atoms with Crippen molar-refractivity contribution in [2.75, 3.05) is 13.6 Å². The molecule has 0 radical (unpaired) electrons. The lowest BCUT2D eigenvalue weighted by Crippen LogP contribution is -2.39. The molecule has 1 aliphatic heterocycles. The van der Waals surface area contributed by atoms with E-state index in [2.05, 4.69) is 42.2 Å². The summed E-state index contributed by atoms with van der Waals surface area (Å²) >= 11 is 0. The lowest BCUT2D eigenvalue weighted by molar-refractivity contribution is 0.0477. The number of aromatic hydroxyl groups is 2. The van der Waals surface area contributed by atoms with Crippen LogP contribution in [-0.4, -0.2) is 33.9 Å². The Morgan fingerprint density at radius 2 is 2.07 bits per heavy atom. The Kier molecular flexibility index (Phi) is 6.29. The molecule has 1 aromatic rings. The van der Waals surface area contributed by atoms with E-state index in [-0.39, 0.29) is 11.5 Å². The molecule has 0 saturated carbocycles. The van der Waals surface area contributed by atoms with Crippen molar-refractivity contribution < 1.29 is 10.2 Å². The third-order valence-electron chi connectivity index (χ3n) is 5.22. The number of phenolic OH excluding ortho intramolecular Hbond substituents is 2. The Labute approximate surface area is 172 Å². The quantitative estimate of drug-likeness (QED) is 0.487. The Balaban J connectivity index is 1.76. The molecule has 0 aromatic heterocycles. The van der Waals surface area contributed by atoms with Crippen LogP contribution in [0.5, 0.6) is 11.5 Å². The predicted molar refractivity (Wildman–Crippen MR) is 118 cm³/mol. The summed E-state index contributed by atoms with van der Waals surface area (Å²) in [5, 5.41) is 23.3. The molecule has 5 heteroatoms. The minimum absolute atomic E-state index is 0.121. The molecule has 29 heavy (non-hydrogen) atoms. The normalized spacial score (nSPS) is 20.4. The third kappa shape index (κ3) is 4.63. The van der Waals surface area contributed by atoms with E-state index in [4.69, 9.17) is 0 Å². The van der Waals surface area contributed by atoms with Gasteiger partial charge in [-0.05, 0) is 54.2 Å². The standard InChI is InChI=1S/C24H29N3O2/c1-5-7-8-19(6-2)21-11-9-18(13-17(21)3)15-27-16-22(25-26(27)4)20-10-12-23(28)24(29)14-20/h5-12,14,16-17,25,28-29H,2,13,15H2,1,3-4H3/b7-5-,19-8+. The van der Waals surface area contributed by atoms with E-state index in [9.17, 15) is 10.2 Å². The van der Waals surface area contributed by atoms with Gasteiger partial charge in [-0.2, -0.15) is 0 Å². The molecule has 1 aromatic carbocycles. The molecule has 5 nitrogen and oxygen atoms in total. The number of hydrazine groups is 2. The third-order valence-corrected chi connectivity index (χ3v) is 5.22. The Morgan fingerprint density at radius 3 is 2.72 bits per heavy atom. The SMILES string of the molecule is C=C/C(=C\C=C/C)C1=CC=C(CN2C=C(c3ccc(O)c(O)c3)NN2C)CC1C. The molecule has 0 bridgehead atoms. The molecule has 1 heterocycles. The predicted octanol–water partition coefficient (Wildman–Crippen LogP) is 4.64. The number of benzene rings is 1. The summed E-state index contributed by atoms with van der Waals surface area (Å²) in [7, 11) is 1.95. The fourth-order valence-corrected chi connectivity index (χ4v) is 3.62. The van der Waals surface area contributed by atoms with E-state index >= 15 is 0 Å². The number of phenols is 2. The molecule has 0 fully saturated rings. The maximum Gasteiger partial charge on any atom is 0.158 e. The van der Waals surface area contributed by atoms with E-state index in [0.29, 0.717) is 5.92 Å². The average Bonchev–Trinajstić information content (AvgIpc) is 3.06. The van der Waals surface area contributed by atoms with Crippen LogP contribution in [0.4, 0.5) is 0 Å². The van der Waals surface area contributed by atoms with Gasteiger partial charge in [0.2, 0.25) is 0 Å². The molecule has 3 N–H and O–H groups in total. The highest BCUT2D eigenvalue weighted by atomic mass is 16.3. The molecule has 152 valence electrons. The van der Waals surface area contributed by atoms with Crippen LogP contribution < -0.4 is 5.43 Å². The molecule has 0 amide bonds. The van der Waals surface area contributed by atoms with Crippen molar-refractivity contribution in [3.8, 4) is 11.5 Å². The number of hydrogen-bond acceptors (Lipinski definition) is 5. The first kappa shape index (κ1) is 20.6. The van der Waals surface area contributed by atoms with Crippen LogP contribution in [0.1, 0.15) is 25.8 Å². The van der Waals surface area contributed by atoms with E-state index in [1.165, 1.54) is 22.8 Å². The highest BCUT2D eigenvalue weighted by Crippen LogP contribution is 2.32. The first-order valence-electron chi connectivity index (χ1n) is 9.79. The summed E-state index contributed by atoms with van der Waals surface area (Å²) in [6, 6.07) is 4.82. The second kappa shape index (κ2) is 8.88. The minimum Gasteiger partial charge on any atom is -0.504 e. The summed E-state index contributed by atoms with van der Waals surface area (Å²) in [5.41, 5.74) is 8.78. The number of allylic oxidation sites excluding steroid dienone is 8. The molecular formula is C24H29N3O2. The maximum absolute atomic E-state index is 9.76. The van der Waals surface area contributed by atoms with E-state index < -0.39 is 0 Å². The Morgan fingerprint density at radius 1 is 1.28 bits per heavy atom. The summed E-state index contributed by atoms with van der Waals surface area (Å²) in [5.74, 6) is 0.170. The van der Waals surface area contributed by atoms with Crippen LogP contribution in [0.15, 0.2) is 84.2 Å². The van der Waals surface area contributed by atoms with Gasteiger partial charge >= 0.3 is 0 Å². The Hall–Kier alpha value is -3.18. The van der Waals surface area contributed by atoms with Crippen molar-refractivity contribution in [2.45, 2.75) is 20.3 Å². The van der Waals surface area contributed by atoms with E-state index in [0.717, 1.165) is 24.2 Å². The minimum atomic E-state index is -0.128. The van der Waals surface area contributed by atoms with E-state index in [1.54, 1.807) is 12.1 Å². The molecular weight excluding hydrogens is 362 g/mol. The first-order chi connectivity index (χ1) is 13.9. The number of nitrogens with one attached hydrogen (secondary N) is 1. The van der Waals surface area contributed by atoms with Gasteiger partial charge in [0.1, 0.15) is 0 Å². The Bertz CT molecular complexity index is 937. The fourth-order valence-electron chi connectivity index (χ4n) is 3.62. The van der Waals surface area contributed by atoms with Gasteiger partial charge in [-0.1, -0.05) is 50.0 Å². The zero-order valence-corrected chi connectivity index (χ0v) is 17.3. The van der Waals surface area contributed by atoms with Gasteiger partial charge in [-0.3, -0.25) is 10.4 Å². The van der Waals surface area contributed by atoms with Gasteiger partial charge in [-0.25, -0.2) is 0 Å². The second-order valence-corrected chi connectivity index (χ2v) is 7.38. The smallest absolute Gasteiger partial charge is 0.158 e.